The number of nitrogens with one attached hydrogen (secondary N) is 2. The summed E-state index contributed by atoms with van der Waals surface area (Å²) in [5.41, 5.74) is 2.54. The number of thiazole rings is 1. The number of rotatable bonds is 9. The van der Waals surface area contributed by atoms with Crippen molar-refractivity contribution in [3.05, 3.63) is 30.0 Å². The Kier molecular flexibility index (Phi) is 6.62. The quantitative estimate of drug-likeness (QED) is 0.447. The van der Waals surface area contributed by atoms with Crippen molar-refractivity contribution in [1.29, 1.82) is 0 Å². The van der Waals surface area contributed by atoms with Gasteiger partial charge < -0.3 is 10.6 Å². The largest absolute Gasteiger partial charge is 0.369 e. The number of fused-ring (bicyclic) bond motifs is 1. The van der Waals surface area contributed by atoms with Gasteiger partial charge in [0.25, 0.3) is 0 Å². The van der Waals surface area contributed by atoms with Gasteiger partial charge in [0.1, 0.15) is 10.8 Å². The standard InChI is InChI=1S/C21H27F2N5S/c1-5-14(21(4,22)23)11-12-25-18-17(13(3)26-20(28-18)24-6-2)19-27-15-9-7-8-10-16(15)29-19/h7-10,14H,5-6,11-12H2,1-4H3,(H2,24,25,26,28). The molecule has 1 unspecified atom stereocenters. The molecule has 1 atom stereocenters. The van der Waals surface area contributed by atoms with Gasteiger partial charge in [0, 0.05) is 19.0 Å². The van der Waals surface area contributed by atoms with Gasteiger partial charge >= 0.3 is 0 Å². The molecule has 0 saturated heterocycles. The highest BCUT2D eigenvalue weighted by atomic mass is 32.1. The molecule has 0 amide bonds. The van der Waals surface area contributed by atoms with Crippen molar-refractivity contribution < 1.29 is 8.78 Å². The smallest absolute Gasteiger partial charge is 0.248 e. The minimum atomic E-state index is -2.69. The van der Waals surface area contributed by atoms with Crippen LogP contribution in [0.5, 0.6) is 0 Å². The zero-order valence-electron chi connectivity index (χ0n) is 17.2. The summed E-state index contributed by atoms with van der Waals surface area (Å²) in [5, 5.41) is 7.23. The summed E-state index contributed by atoms with van der Waals surface area (Å²) in [6, 6.07) is 7.94. The number of para-hydroxylation sites is 1. The van der Waals surface area contributed by atoms with Crippen molar-refractivity contribution in [3.63, 3.8) is 0 Å². The summed E-state index contributed by atoms with van der Waals surface area (Å²) >= 11 is 1.57. The van der Waals surface area contributed by atoms with Crippen LogP contribution in [-0.2, 0) is 0 Å². The maximum Gasteiger partial charge on any atom is 0.248 e. The summed E-state index contributed by atoms with van der Waals surface area (Å²) in [4.78, 5) is 13.9. The third kappa shape index (κ3) is 4.98. The average Bonchev–Trinajstić information content (AvgIpc) is 3.07. The maximum absolute atomic E-state index is 13.7. The molecule has 29 heavy (non-hydrogen) atoms. The number of halogens is 2. The van der Waals surface area contributed by atoms with E-state index in [0.717, 1.165) is 33.4 Å². The predicted molar refractivity (Wildman–Crippen MR) is 117 cm³/mol. The van der Waals surface area contributed by atoms with Gasteiger partial charge in [0.15, 0.2) is 0 Å². The van der Waals surface area contributed by atoms with Crippen LogP contribution >= 0.6 is 11.3 Å². The van der Waals surface area contributed by atoms with Crippen LogP contribution < -0.4 is 10.6 Å². The third-order valence-corrected chi connectivity index (χ3v) is 5.98. The van der Waals surface area contributed by atoms with E-state index in [1.807, 2.05) is 38.1 Å². The fourth-order valence-electron chi connectivity index (χ4n) is 3.35. The average molecular weight is 420 g/mol. The molecule has 3 aromatic rings. The summed E-state index contributed by atoms with van der Waals surface area (Å²) in [6.45, 7) is 7.78. The van der Waals surface area contributed by atoms with E-state index < -0.39 is 11.8 Å². The maximum atomic E-state index is 13.7. The second kappa shape index (κ2) is 8.98. The number of nitrogens with zero attached hydrogens (tertiary/aromatic N) is 3. The van der Waals surface area contributed by atoms with E-state index in [0.29, 0.717) is 37.7 Å². The Morgan fingerprint density at radius 2 is 1.86 bits per heavy atom. The van der Waals surface area contributed by atoms with Crippen LogP contribution in [0, 0.1) is 12.8 Å². The molecule has 2 heterocycles. The van der Waals surface area contributed by atoms with Gasteiger partial charge in [-0.1, -0.05) is 19.1 Å². The highest BCUT2D eigenvalue weighted by Gasteiger charge is 2.32. The van der Waals surface area contributed by atoms with Gasteiger partial charge in [-0.2, -0.15) is 4.98 Å². The molecule has 0 spiro atoms. The zero-order valence-corrected chi connectivity index (χ0v) is 18.0. The van der Waals surface area contributed by atoms with Crippen LogP contribution in [-0.4, -0.2) is 34.0 Å². The van der Waals surface area contributed by atoms with Crippen LogP contribution in [0.2, 0.25) is 0 Å². The second-order valence-corrected chi connectivity index (χ2v) is 8.18. The van der Waals surface area contributed by atoms with Crippen molar-refractivity contribution in [2.45, 2.75) is 46.5 Å². The molecule has 0 radical (unpaired) electrons. The molecule has 3 rings (SSSR count). The van der Waals surface area contributed by atoms with E-state index in [9.17, 15) is 8.78 Å². The highest BCUT2D eigenvalue weighted by molar-refractivity contribution is 7.21. The second-order valence-electron chi connectivity index (χ2n) is 7.15. The van der Waals surface area contributed by atoms with E-state index >= 15 is 0 Å². The van der Waals surface area contributed by atoms with Crippen LogP contribution in [0.4, 0.5) is 20.5 Å². The Bertz CT molecular complexity index is 934. The van der Waals surface area contributed by atoms with Gasteiger partial charge in [0.2, 0.25) is 11.9 Å². The van der Waals surface area contributed by atoms with Gasteiger partial charge in [0.05, 0.1) is 21.5 Å². The lowest BCUT2D eigenvalue weighted by Crippen LogP contribution is -2.26. The van der Waals surface area contributed by atoms with Gasteiger partial charge in [-0.3, -0.25) is 0 Å². The molecule has 0 bridgehead atoms. The number of alkyl halides is 2. The molecule has 0 aliphatic rings. The first-order chi connectivity index (χ1) is 13.8. The molecule has 8 heteroatoms. The number of benzene rings is 1. The van der Waals surface area contributed by atoms with Crippen LogP contribution in [0.1, 0.15) is 39.3 Å². The summed E-state index contributed by atoms with van der Waals surface area (Å²) in [5.74, 6) is -2.22. The van der Waals surface area contributed by atoms with Crippen molar-refractivity contribution in [2.75, 3.05) is 23.7 Å². The van der Waals surface area contributed by atoms with E-state index in [4.69, 9.17) is 4.98 Å². The number of anilines is 2. The zero-order chi connectivity index (χ0) is 21.0. The van der Waals surface area contributed by atoms with Gasteiger partial charge in [-0.05, 0) is 45.7 Å². The number of hydrogen-bond acceptors (Lipinski definition) is 6. The first kappa shape index (κ1) is 21.4. The number of hydrogen-bond donors (Lipinski definition) is 2. The summed E-state index contributed by atoms with van der Waals surface area (Å²) in [6.07, 6.45) is 0.792. The predicted octanol–water partition coefficient (Wildman–Crippen LogP) is 5.98. The molecule has 5 nitrogen and oxygen atoms in total. The lowest BCUT2D eigenvalue weighted by Gasteiger charge is -2.22. The summed E-state index contributed by atoms with van der Waals surface area (Å²) in [7, 11) is 0. The molecule has 0 saturated carbocycles. The van der Waals surface area contributed by atoms with E-state index in [1.165, 1.54) is 0 Å². The Morgan fingerprint density at radius 1 is 1.10 bits per heavy atom. The molecular weight excluding hydrogens is 392 g/mol. The molecule has 0 aliphatic carbocycles. The summed E-state index contributed by atoms with van der Waals surface area (Å²) < 4.78 is 28.5. The Morgan fingerprint density at radius 3 is 2.52 bits per heavy atom. The Labute approximate surface area is 174 Å². The van der Waals surface area contributed by atoms with Crippen molar-refractivity contribution >= 4 is 33.3 Å². The van der Waals surface area contributed by atoms with E-state index in [-0.39, 0.29) is 0 Å². The van der Waals surface area contributed by atoms with Crippen LogP contribution in [0.25, 0.3) is 20.8 Å². The molecule has 1 aromatic carbocycles. The first-order valence-corrected chi connectivity index (χ1v) is 10.7. The normalized spacial score (nSPS) is 12.9. The monoisotopic (exact) mass is 419 g/mol. The minimum absolute atomic E-state index is 0.360. The molecule has 0 aliphatic heterocycles. The number of aryl methyl sites for hydroxylation is 1. The molecule has 2 N–H and O–H groups in total. The lowest BCUT2D eigenvalue weighted by molar-refractivity contribution is -0.0428. The van der Waals surface area contributed by atoms with Crippen molar-refractivity contribution in [2.24, 2.45) is 5.92 Å². The van der Waals surface area contributed by atoms with Crippen molar-refractivity contribution in [3.8, 4) is 10.6 Å². The SMILES string of the molecule is CCNc1nc(C)c(-c2nc3ccccc3s2)c(NCCC(CC)C(C)(F)F)n1. The first-order valence-electron chi connectivity index (χ1n) is 9.93. The minimum Gasteiger partial charge on any atom is -0.369 e. The molecule has 0 fully saturated rings. The topological polar surface area (TPSA) is 62.7 Å². The van der Waals surface area contributed by atoms with Crippen molar-refractivity contribution in [1.82, 2.24) is 15.0 Å². The molecular formula is C21H27F2N5S. The van der Waals surface area contributed by atoms with Crippen LogP contribution in [0.15, 0.2) is 24.3 Å². The van der Waals surface area contributed by atoms with E-state index in [2.05, 4.69) is 20.6 Å². The lowest BCUT2D eigenvalue weighted by atomic mass is 9.96. The molecule has 156 valence electrons. The Balaban J connectivity index is 1.93. The Hall–Kier alpha value is -2.35. The van der Waals surface area contributed by atoms with Gasteiger partial charge in [-0.15, -0.1) is 11.3 Å². The third-order valence-electron chi connectivity index (χ3n) is 4.93. The fourth-order valence-corrected chi connectivity index (χ4v) is 4.42. The van der Waals surface area contributed by atoms with Crippen LogP contribution in [0.3, 0.4) is 0 Å². The van der Waals surface area contributed by atoms with Gasteiger partial charge in [-0.25, -0.2) is 18.7 Å². The number of aromatic nitrogens is 3. The molecule has 2 aromatic heterocycles. The van der Waals surface area contributed by atoms with E-state index in [1.54, 1.807) is 18.3 Å². The fraction of sp³-hybridized carbons (Fsp3) is 0.476. The highest BCUT2D eigenvalue weighted by Crippen LogP contribution is 2.36.